The van der Waals surface area contributed by atoms with Gasteiger partial charge in [0.1, 0.15) is 5.78 Å². The molecule has 2 rings (SSSR count). The third-order valence-electron chi connectivity index (χ3n) is 2.84. The van der Waals surface area contributed by atoms with E-state index < -0.39 is 0 Å². The van der Waals surface area contributed by atoms with Crippen LogP contribution in [0.2, 0.25) is 0 Å². The van der Waals surface area contributed by atoms with E-state index in [-0.39, 0.29) is 17.9 Å². The molecule has 0 atom stereocenters. The number of ketones is 1. The standard InChI is InChI=1S/C10H15NO2/c12-9-5-3-8(4-6-9)11-10(13)7-1-2-7/h7-8H,1-6H2,(H,11,13). The van der Waals surface area contributed by atoms with Crippen molar-refractivity contribution >= 4 is 11.7 Å². The zero-order chi connectivity index (χ0) is 9.26. The van der Waals surface area contributed by atoms with E-state index in [0.717, 1.165) is 25.7 Å². The number of hydrogen-bond acceptors (Lipinski definition) is 2. The van der Waals surface area contributed by atoms with Crippen molar-refractivity contribution < 1.29 is 9.59 Å². The number of rotatable bonds is 2. The Morgan fingerprint density at radius 1 is 1.15 bits per heavy atom. The highest BCUT2D eigenvalue weighted by Crippen LogP contribution is 2.29. The van der Waals surface area contributed by atoms with E-state index in [1.54, 1.807) is 0 Å². The Hall–Kier alpha value is -0.860. The van der Waals surface area contributed by atoms with Crippen molar-refractivity contribution in [2.75, 3.05) is 0 Å². The maximum Gasteiger partial charge on any atom is 0.223 e. The second kappa shape index (κ2) is 3.48. The van der Waals surface area contributed by atoms with Gasteiger partial charge in [-0.2, -0.15) is 0 Å². The molecule has 0 unspecified atom stereocenters. The van der Waals surface area contributed by atoms with Crippen molar-refractivity contribution in [3.8, 4) is 0 Å². The Kier molecular flexibility index (Phi) is 2.34. The van der Waals surface area contributed by atoms with Crippen molar-refractivity contribution in [2.24, 2.45) is 5.92 Å². The Morgan fingerprint density at radius 2 is 1.77 bits per heavy atom. The second-order valence-electron chi connectivity index (χ2n) is 4.10. The highest BCUT2D eigenvalue weighted by molar-refractivity contribution is 5.82. The molecule has 2 aliphatic rings. The van der Waals surface area contributed by atoms with Crippen LogP contribution in [0.4, 0.5) is 0 Å². The molecule has 0 aromatic carbocycles. The molecule has 0 aromatic rings. The molecule has 0 saturated heterocycles. The van der Waals surface area contributed by atoms with E-state index in [4.69, 9.17) is 0 Å². The highest BCUT2D eigenvalue weighted by Gasteiger charge is 2.31. The Bertz CT molecular complexity index is 223. The predicted octanol–water partition coefficient (Wildman–Crippen LogP) is 1.02. The lowest BCUT2D eigenvalue weighted by atomic mass is 9.94. The molecule has 3 nitrogen and oxygen atoms in total. The number of carbonyl (C=O) groups is 2. The topological polar surface area (TPSA) is 46.2 Å². The van der Waals surface area contributed by atoms with Gasteiger partial charge in [-0.25, -0.2) is 0 Å². The minimum Gasteiger partial charge on any atom is -0.353 e. The molecular formula is C10H15NO2. The van der Waals surface area contributed by atoms with Crippen molar-refractivity contribution in [2.45, 2.75) is 44.6 Å². The first-order valence-electron chi connectivity index (χ1n) is 5.08. The lowest BCUT2D eigenvalue weighted by Gasteiger charge is -2.21. The molecule has 1 amide bonds. The normalized spacial score (nSPS) is 24.5. The smallest absolute Gasteiger partial charge is 0.223 e. The minimum absolute atomic E-state index is 0.208. The summed E-state index contributed by atoms with van der Waals surface area (Å²) in [4.78, 5) is 22.3. The summed E-state index contributed by atoms with van der Waals surface area (Å²) in [5.41, 5.74) is 0. The molecule has 0 bridgehead atoms. The SMILES string of the molecule is O=C1CCC(NC(=O)C2CC2)CC1. The number of carbonyl (C=O) groups excluding carboxylic acids is 2. The molecule has 0 heterocycles. The van der Waals surface area contributed by atoms with Gasteiger partial charge in [0, 0.05) is 24.8 Å². The van der Waals surface area contributed by atoms with Crippen molar-refractivity contribution in [3.63, 3.8) is 0 Å². The highest BCUT2D eigenvalue weighted by atomic mass is 16.2. The second-order valence-corrected chi connectivity index (χ2v) is 4.10. The molecule has 0 aromatic heterocycles. The summed E-state index contributed by atoms with van der Waals surface area (Å²) in [6.07, 6.45) is 5.09. The van der Waals surface area contributed by atoms with Crippen LogP contribution < -0.4 is 5.32 Å². The molecule has 0 radical (unpaired) electrons. The first kappa shape index (κ1) is 8.73. The fourth-order valence-corrected chi connectivity index (χ4v) is 1.75. The van der Waals surface area contributed by atoms with Crippen LogP contribution in [0, 0.1) is 5.92 Å². The summed E-state index contributed by atoms with van der Waals surface area (Å²) >= 11 is 0. The summed E-state index contributed by atoms with van der Waals surface area (Å²) < 4.78 is 0. The van der Waals surface area contributed by atoms with Crippen LogP contribution in [0.3, 0.4) is 0 Å². The van der Waals surface area contributed by atoms with E-state index in [1.165, 1.54) is 0 Å². The van der Waals surface area contributed by atoms with Crippen LogP contribution in [0.5, 0.6) is 0 Å². The van der Waals surface area contributed by atoms with Gasteiger partial charge < -0.3 is 5.32 Å². The maximum atomic E-state index is 11.4. The van der Waals surface area contributed by atoms with E-state index in [1.807, 2.05) is 0 Å². The molecular weight excluding hydrogens is 166 g/mol. The van der Waals surface area contributed by atoms with Gasteiger partial charge in [0.15, 0.2) is 0 Å². The van der Waals surface area contributed by atoms with Gasteiger partial charge in [-0.3, -0.25) is 9.59 Å². The van der Waals surface area contributed by atoms with E-state index in [9.17, 15) is 9.59 Å². The summed E-state index contributed by atoms with van der Waals surface area (Å²) in [6, 6.07) is 0.269. The Balaban J connectivity index is 1.75. The van der Waals surface area contributed by atoms with Crippen LogP contribution >= 0.6 is 0 Å². The van der Waals surface area contributed by atoms with Crippen LogP contribution in [0.15, 0.2) is 0 Å². The molecule has 3 heteroatoms. The zero-order valence-electron chi connectivity index (χ0n) is 7.71. The van der Waals surface area contributed by atoms with Crippen LogP contribution in [0.25, 0.3) is 0 Å². The van der Waals surface area contributed by atoms with Gasteiger partial charge in [0.2, 0.25) is 5.91 Å². The minimum atomic E-state index is 0.208. The van der Waals surface area contributed by atoms with Crippen LogP contribution in [0.1, 0.15) is 38.5 Å². The quantitative estimate of drug-likeness (QED) is 0.691. The molecule has 2 fully saturated rings. The van der Waals surface area contributed by atoms with Crippen LogP contribution in [-0.4, -0.2) is 17.7 Å². The molecule has 13 heavy (non-hydrogen) atoms. The largest absolute Gasteiger partial charge is 0.353 e. The molecule has 0 aliphatic heterocycles. The van der Waals surface area contributed by atoms with Gasteiger partial charge in [0.25, 0.3) is 0 Å². The van der Waals surface area contributed by atoms with Gasteiger partial charge in [0.05, 0.1) is 0 Å². The Morgan fingerprint density at radius 3 is 2.31 bits per heavy atom. The molecule has 1 N–H and O–H groups in total. The zero-order valence-corrected chi connectivity index (χ0v) is 7.71. The van der Waals surface area contributed by atoms with Gasteiger partial charge in [-0.05, 0) is 25.7 Å². The van der Waals surface area contributed by atoms with Gasteiger partial charge in [-0.1, -0.05) is 0 Å². The third kappa shape index (κ3) is 2.29. The van der Waals surface area contributed by atoms with Crippen molar-refractivity contribution in [1.82, 2.24) is 5.32 Å². The number of hydrogen-bond donors (Lipinski definition) is 1. The fraction of sp³-hybridized carbons (Fsp3) is 0.800. The van der Waals surface area contributed by atoms with Crippen molar-refractivity contribution in [3.05, 3.63) is 0 Å². The molecule has 2 saturated carbocycles. The summed E-state index contributed by atoms with van der Waals surface area (Å²) in [7, 11) is 0. The Labute approximate surface area is 77.9 Å². The van der Waals surface area contributed by atoms with E-state index >= 15 is 0 Å². The van der Waals surface area contributed by atoms with Gasteiger partial charge in [-0.15, -0.1) is 0 Å². The summed E-state index contributed by atoms with van der Waals surface area (Å²) in [6.45, 7) is 0. The monoisotopic (exact) mass is 181 g/mol. The first-order valence-corrected chi connectivity index (χ1v) is 5.08. The fourth-order valence-electron chi connectivity index (χ4n) is 1.75. The number of Topliss-reactive ketones (excluding diaryl/α,β-unsaturated/α-hetero) is 1. The number of amides is 1. The van der Waals surface area contributed by atoms with E-state index in [0.29, 0.717) is 18.6 Å². The van der Waals surface area contributed by atoms with Crippen molar-refractivity contribution in [1.29, 1.82) is 0 Å². The van der Waals surface area contributed by atoms with Gasteiger partial charge >= 0.3 is 0 Å². The molecule has 2 aliphatic carbocycles. The number of nitrogens with one attached hydrogen (secondary N) is 1. The summed E-state index contributed by atoms with van der Waals surface area (Å²) in [5.74, 6) is 0.842. The average molecular weight is 181 g/mol. The molecule has 72 valence electrons. The summed E-state index contributed by atoms with van der Waals surface area (Å²) in [5, 5.41) is 3.01. The van der Waals surface area contributed by atoms with E-state index in [2.05, 4.69) is 5.32 Å². The predicted molar refractivity (Wildman–Crippen MR) is 48.1 cm³/mol. The third-order valence-corrected chi connectivity index (χ3v) is 2.84. The maximum absolute atomic E-state index is 11.4. The first-order chi connectivity index (χ1) is 6.25. The lowest BCUT2D eigenvalue weighted by Crippen LogP contribution is -2.38. The average Bonchev–Trinajstić information content (AvgIpc) is 2.91. The lowest BCUT2D eigenvalue weighted by molar-refractivity contribution is -0.125. The molecule has 0 spiro atoms. The van der Waals surface area contributed by atoms with Crippen LogP contribution in [-0.2, 0) is 9.59 Å².